The summed E-state index contributed by atoms with van der Waals surface area (Å²) in [7, 11) is 0. The molecule has 1 N–H and O–H groups in total. The molecule has 1 aromatic heterocycles. The summed E-state index contributed by atoms with van der Waals surface area (Å²) >= 11 is 0. The van der Waals surface area contributed by atoms with E-state index in [1.165, 1.54) is 0 Å². The molecule has 0 unspecified atom stereocenters. The van der Waals surface area contributed by atoms with Gasteiger partial charge in [-0.1, -0.05) is 6.07 Å². The van der Waals surface area contributed by atoms with Crippen molar-refractivity contribution < 1.29 is 14.7 Å². The molecular formula is C14H19N3O3. The molecule has 108 valence electrons. The van der Waals surface area contributed by atoms with Crippen LogP contribution in [0.3, 0.4) is 0 Å². The average molecular weight is 277 g/mol. The van der Waals surface area contributed by atoms with E-state index in [0.29, 0.717) is 31.9 Å². The van der Waals surface area contributed by atoms with Crippen LogP contribution in [0.2, 0.25) is 0 Å². The standard InChI is InChI=1S/C14H19N3O3/c1-11-4-2-5-15-13(11)14(20)17-7-3-6-16(8-9-17)10-12(18)19/h2,4-5H,3,6-10H2,1H3,(H,18,19). The van der Waals surface area contributed by atoms with Gasteiger partial charge in [-0.2, -0.15) is 0 Å². The lowest BCUT2D eigenvalue weighted by atomic mass is 10.2. The van der Waals surface area contributed by atoms with Gasteiger partial charge in [-0.15, -0.1) is 0 Å². The molecule has 20 heavy (non-hydrogen) atoms. The molecule has 6 nitrogen and oxygen atoms in total. The van der Waals surface area contributed by atoms with Gasteiger partial charge < -0.3 is 10.0 Å². The minimum Gasteiger partial charge on any atom is -0.480 e. The van der Waals surface area contributed by atoms with Crippen LogP contribution >= 0.6 is 0 Å². The number of pyridine rings is 1. The van der Waals surface area contributed by atoms with Gasteiger partial charge >= 0.3 is 5.97 Å². The molecule has 0 radical (unpaired) electrons. The van der Waals surface area contributed by atoms with Crippen molar-refractivity contribution in [2.45, 2.75) is 13.3 Å². The van der Waals surface area contributed by atoms with Crippen molar-refractivity contribution in [3.8, 4) is 0 Å². The Kier molecular flexibility index (Phi) is 4.68. The lowest BCUT2D eigenvalue weighted by Crippen LogP contribution is -2.37. The minimum absolute atomic E-state index is 0.0324. The van der Waals surface area contributed by atoms with E-state index in [0.717, 1.165) is 12.0 Å². The summed E-state index contributed by atoms with van der Waals surface area (Å²) in [6, 6.07) is 3.68. The number of aryl methyl sites for hydroxylation is 1. The summed E-state index contributed by atoms with van der Waals surface area (Å²) < 4.78 is 0. The van der Waals surface area contributed by atoms with E-state index in [1.54, 1.807) is 11.1 Å². The van der Waals surface area contributed by atoms with Crippen molar-refractivity contribution >= 4 is 11.9 Å². The van der Waals surface area contributed by atoms with Crippen LogP contribution in [0.15, 0.2) is 18.3 Å². The predicted octanol–water partition coefficient (Wildman–Crippen LogP) is 0.623. The molecule has 2 heterocycles. The SMILES string of the molecule is Cc1cccnc1C(=O)N1CCCN(CC(=O)O)CC1. The Hall–Kier alpha value is -1.95. The van der Waals surface area contributed by atoms with Gasteiger partial charge in [-0.3, -0.25) is 19.5 Å². The smallest absolute Gasteiger partial charge is 0.317 e. The highest BCUT2D eigenvalue weighted by Crippen LogP contribution is 2.10. The maximum Gasteiger partial charge on any atom is 0.317 e. The van der Waals surface area contributed by atoms with Gasteiger partial charge in [-0.05, 0) is 25.0 Å². The summed E-state index contributed by atoms with van der Waals surface area (Å²) in [6.45, 7) is 4.38. The first kappa shape index (κ1) is 14.5. The summed E-state index contributed by atoms with van der Waals surface area (Å²) in [5.41, 5.74) is 1.35. The lowest BCUT2D eigenvalue weighted by molar-refractivity contribution is -0.138. The Balaban J connectivity index is 2.02. The maximum absolute atomic E-state index is 12.4. The maximum atomic E-state index is 12.4. The molecule has 1 aliphatic rings. The fourth-order valence-corrected chi connectivity index (χ4v) is 2.38. The van der Waals surface area contributed by atoms with Crippen LogP contribution in [0.25, 0.3) is 0 Å². The van der Waals surface area contributed by atoms with Crippen molar-refractivity contribution in [1.82, 2.24) is 14.8 Å². The number of nitrogens with zero attached hydrogens (tertiary/aromatic N) is 3. The quantitative estimate of drug-likeness (QED) is 0.877. The number of aliphatic carboxylic acids is 1. The van der Waals surface area contributed by atoms with Gasteiger partial charge in [0.1, 0.15) is 5.69 Å². The molecule has 0 bridgehead atoms. The number of amides is 1. The van der Waals surface area contributed by atoms with Gasteiger partial charge in [0.2, 0.25) is 0 Å². The average Bonchev–Trinajstić information content (AvgIpc) is 2.63. The number of hydrogen-bond acceptors (Lipinski definition) is 4. The zero-order valence-electron chi connectivity index (χ0n) is 11.6. The zero-order chi connectivity index (χ0) is 14.5. The summed E-state index contributed by atoms with van der Waals surface area (Å²) in [6.07, 6.45) is 2.40. The van der Waals surface area contributed by atoms with E-state index in [9.17, 15) is 9.59 Å². The molecule has 2 rings (SSSR count). The number of carbonyl (C=O) groups is 2. The van der Waals surface area contributed by atoms with Gasteiger partial charge in [0, 0.05) is 32.4 Å². The molecule has 0 aromatic carbocycles. The Bertz CT molecular complexity index is 504. The van der Waals surface area contributed by atoms with Crippen LogP contribution in [0.4, 0.5) is 0 Å². The Morgan fingerprint density at radius 3 is 2.80 bits per heavy atom. The second-order valence-corrected chi connectivity index (χ2v) is 4.98. The van der Waals surface area contributed by atoms with Gasteiger partial charge in [0.15, 0.2) is 0 Å². The van der Waals surface area contributed by atoms with Crippen LogP contribution in [0.5, 0.6) is 0 Å². The van der Waals surface area contributed by atoms with E-state index in [-0.39, 0.29) is 12.5 Å². The van der Waals surface area contributed by atoms with Crippen molar-refractivity contribution in [1.29, 1.82) is 0 Å². The van der Waals surface area contributed by atoms with Crippen LogP contribution in [0.1, 0.15) is 22.5 Å². The molecule has 0 aliphatic carbocycles. The van der Waals surface area contributed by atoms with Crippen molar-refractivity contribution in [2.75, 3.05) is 32.7 Å². The fourth-order valence-electron chi connectivity index (χ4n) is 2.38. The largest absolute Gasteiger partial charge is 0.480 e. The highest BCUT2D eigenvalue weighted by atomic mass is 16.4. The Labute approximate surface area is 118 Å². The Morgan fingerprint density at radius 1 is 1.30 bits per heavy atom. The number of carboxylic acids is 1. The topological polar surface area (TPSA) is 73.7 Å². The summed E-state index contributed by atoms with van der Waals surface area (Å²) in [5, 5.41) is 8.81. The molecule has 1 saturated heterocycles. The molecule has 6 heteroatoms. The van der Waals surface area contributed by atoms with Crippen molar-refractivity contribution in [2.24, 2.45) is 0 Å². The first-order valence-electron chi connectivity index (χ1n) is 6.73. The van der Waals surface area contributed by atoms with E-state index >= 15 is 0 Å². The number of aromatic nitrogens is 1. The van der Waals surface area contributed by atoms with Crippen LogP contribution in [-0.4, -0.2) is 64.5 Å². The monoisotopic (exact) mass is 277 g/mol. The minimum atomic E-state index is -0.828. The van der Waals surface area contributed by atoms with E-state index in [2.05, 4.69) is 4.98 Å². The zero-order valence-corrected chi connectivity index (χ0v) is 11.6. The predicted molar refractivity (Wildman–Crippen MR) is 73.6 cm³/mol. The fraction of sp³-hybridized carbons (Fsp3) is 0.500. The first-order chi connectivity index (χ1) is 9.58. The molecule has 1 aliphatic heterocycles. The van der Waals surface area contributed by atoms with Gasteiger partial charge in [-0.25, -0.2) is 0 Å². The third kappa shape index (κ3) is 3.54. The highest BCUT2D eigenvalue weighted by Gasteiger charge is 2.22. The Morgan fingerprint density at radius 2 is 2.10 bits per heavy atom. The van der Waals surface area contributed by atoms with E-state index < -0.39 is 5.97 Å². The molecule has 1 amide bonds. The molecule has 0 saturated carbocycles. The number of carbonyl (C=O) groups excluding carboxylic acids is 1. The number of hydrogen-bond donors (Lipinski definition) is 1. The van der Waals surface area contributed by atoms with Crippen molar-refractivity contribution in [3.63, 3.8) is 0 Å². The molecule has 1 aromatic rings. The summed E-state index contributed by atoms with van der Waals surface area (Å²) in [5.74, 6) is -0.898. The second kappa shape index (κ2) is 6.47. The van der Waals surface area contributed by atoms with Crippen LogP contribution in [0, 0.1) is 6.92 Å². The van der Waals surface area contributed by atoms with E-state index in [1.807, 2.05) is 24.0 Å². The van der Waals surface area contributed by atoms with E-state index in [4.69, 9.17) is 5.11 Å². The normalized spacial score (nSPS) is 16.8. The molecule has 1 fully saturated rings. The molecule has 0 atom stereocenters. The van der Waals surface area contributed by atoms with Crippen molar-refractivity contribution in [3.05, 3.63) is 29.6 Å². The molecule has 0 spiro atoms. The highest BCUT2D eigenvalue weighted by molar-refractivity contribution is 5.93. The second-order valence-electron chi connectivity index (χ2n) is 4.98. The summed E-state index contributed by atoms with van der Waals surface area (Å²) in [4.78, 5) is 30.9. The van der Waals surface area contributed by atoms with Gasteiger partial charge in [0.25, 0.3) is 5.91 Å². The van der Waals surface area contributed by atoms with Gasteiger partial charge in [0.05, 0.1) is 6.54 Å². The number of rotatable bonds is 3. The number of carboxylic acid groups (broad SMARTS) is 1. The van der Waals surface area contributed by atoms with Crippen LogP contribution in [-0.2, 0) is 4.79 Å². The first-order valence-corrected chi connectivity index (χ1v) is 6.73. The third-order valence-electron chi connectivity index (χ3n) is 3.45. The van der Waals surface area contributed by atoms with Crippen LogP contribution < -0.4 is 0 Å². The molecular weight excluding hydrogens is 258 g/mol. The lowest BCUT2D eigenvalue weighted by Gasteiger charge is -2.21. The third-order valence-corrected chi connectivity index (χ3v) is 3.45.